The summed E-state index contributed by atoms with van der Waals surface area (Å²) in [5, 5.41) is 17.0. The van der Waals surface area contributed by atoms with E-state index in [1.54, 1.807) is 0 Å². The van der Waals surface area contributed by atoms with Gasteiger partial charge in [0.15, 0.2) is 0 Å². The van der Waals surface area contributed by atoms with Crippen LogP contribution in [0.1, 0.15) is 0 Å². The third-order valence-corrected chi connectivity index (χ3v) is 1.16. The first-order valence-corrected chi connectivity index (χ1v) is 3.00. The molecule has 0 radical (unpaired) electrons. The van der Waals surface area contributed by atoms with Gasteiger partial charge in [-0.2, -0.15) is 0 Å². The summed E-state index contributed by atoms with van der Waals surface area (Å²) < 4.78 is 0. The molecule has 5 heteroatoms. The Bertz CT molecular complexity index is 249. The second-order valence-electron chi connectivity index (χ2n) is 1.85. The van der Waals surface area contributed by atoms with Crippen LogP contribution >= 0.6 is 0 Å². The standard InChI is InChI=1S/C7H7BO4/c1-2-4(6(9)10)5(3-8)7(11)12/h2-3,8H,1H2,(H,9,10)(H,11,12)/b5-4-. The van der Waals surface area contributed by atoms with E-state index in [1.165, 1.54) is 0 Å². The van der Waals surface area contributed by atoms with E-state index < -0.39 is 11.9 Å². The van der Waals surface area contributed by atoms with Crippen molar-refractivity contribution in [1.29, 1.82) is 0 Å². The van der Waals surface area contributed by atoms with Gasteiger partial charge < -0.3 is 0 Å². The van der Waals surface area contributed by atoms with Gasteiger partial charge in [0.05, 0.1) is 0 Å². The van der Waals surface area contributed by atoms with E-state index in [9.17, 15) is 9.59 Å². The molecule has 0 aliphatic carbocycles. The number of hydrogen-bond donors (Lipinski definition) is 2. The quantitative estimate of drug-likeness (QED) is 0.330. The van der Waals surface area contributed by atoms with Gasteiger partial charge in [0, 0.05) is 0 Å². The molecule has 0 fully saturated rings. The van der Waals surface area contributed by atoms with Crippen LogP contribution in [0.3, 0.4) is 0 Å². The SMILES string of the molecule is B=C/C(C(=O)O)=C(\C=C)C(=O)O. The Kier molecular flexibility index (Phi) is 3.69. The van der Waals surface area contributed by atoms with Gasteiger partial charge in [-0.05, 0) is 0 Å². The molecule has 0 saturated carbocycles. The molecule has 4 nitrogen and oxygen atoms in total. The molecule has 0 atom stereocenters. The van der Waals surface area contributed by atoms with Crippen molar-refractivity contribution >= 4 is 25.4 Å². The summed E-state index contributed by atoms with van der Waals surface area (Å²) >= 11 is 0. The van der Waals surface area contributed by atoms with Gasteiger partial charge in [0.1, 0.15) is 0 Å². The van der Waals surface area contributed by atoms with E-state index >= 15 is 0 Å². The average molecular weight is 166 g/mol. The molecule has 0 aromatic rings. The summed E-state index contributed by atoms with van der Waals surface area (Å²) in [7, 11) is 3.18. The Labute approximate surface area is 69.9 Å². The van der Waals surface area contributed by atoms with Crippen molar-refractivity contribution in [1.82, 2.24) is 0 Å². The van der Waals surface area contributed by atoms with Crippen molar-refractivity contribution in [3.05, 3.63) is 23.8 Å². The van der Waals surface area contributed by atoms with Crippen LogP contribution in [0.5, 0.6) is 0 Å². The summed E-state index contributed by atoms with van der Waals surface area (Å²) in [6, 6.07) is 0. The zero-order valence-electron chi connectivity index (χ0n) is 6.28. The van der Waals surface area contributed by atoms with Crippen molar-refractivity contribution in [2.24, 2.45) is 0 Å². The molecule has 0 saturated heterocycles. The van der Waals surface area contributed by atoms with E-state index in [0.717, 1.165) is 12.0 Å². The molecule has 0 rings (SSSR count). The van der Waals surface area contributed by atoms with Gasteiger partial charge >= 0.3 is 69.0 Å². The van der Waals surface area contributed by atoms with E-state index in [0.29, 0.717) is 0 Å². The molecule has 0 unspecified atom stereocenters. The van der Waals surface area contributed by atoms with Crippen LogP contribution in [0.4, 0.5) is 0 Å². The number of carbonyl (C=O) groups is 2. The van der Waals surface area contributed by atoms with Crippen LogP contribution < -0.4 is 0 Å². The van der Waals surface area contributed by atoms with Crippen molar-refractivity contribution < 1.29 is 19.8 Å². The maximum absolute atomic E-state index is 10.4. The first-order chi connectivity index (χ1) is 5.54. The van der Waals surface area contributed by atoms with E-state index in [4.69, 9.17) is 10.2 Å². The van der Waals surface area contributed by atoms with Crippen molar-refractivity contribution in [2.45, 2.75) is 0 Å². The molecule has 0 aliphatic rings. The van der Waals surface area contributed by atoms with Gasteiger partial charge in [-0.15, -0.1) is 0 Å². The fourth-order valence-electron chi connectivity index (χ4n) is 0.625. The fraction of sp³-hybridized carbons (Fsp3) is 0. The summed E-state index contributed by atoms with van der Waals surface area (Å²) in [6.07, 6.45) is 0.966. The van der Waals surface area contributed by atoms with Crippen LogP contribution in [-0.4, -0.2) is 35.6 Å². The Morgan fingerprint density at radius 2 is 1.58 bits per heavy atom. The molecule has 0 bridgehead atoms. The van der Waals surface area contributed by atoms with Crippen molar-refractivity contribution in [2.75, 3.05) is 0 Å². The third-order valence-electron chi connectivity index (χ3n) is 1.16. The number of aliphatic carboxylic acids is 2. The summed E-state index contributed by atoms with van der Waals surface area (Å²) in [4.78, 5) is 20.8. The molecule has 0 aromatic heterocycles. The van der Waals surface area contributed by atoms with Crippen LogP contribution in [-0.2, 0) is 9.59 Å². The summed E-state index contributed by atoms with van der Waals surface area (Å²) in [6.45, 7) is 3.18. The molecule has 0 aliphatic heterocycles. The second-order valence-corrected chi connectivity index (χ2v) is 1.85. The number of carboxylic acids is 2. The predicted octanol–water partition coefficient (Wildman–Crippen LogP) is -0.659. The van der Waals surface area contributed by atoms with E-state index in [-0.39, 0.29) is 11.1 Å². The summed E-state index contributed by atoms with van der Waals surface area (Å²) in [5.74, 6) is -1.70. The first kappa shape index (κ1) is 10.4. The van der Waals surface area contributed by atoms with Crippen molar-refractivity contribution in [3.63, 3.8) is 0 Å². The van der Waals surface area contributed by atoms with Crippen LogP contribution in [0.2, 0.25) is 0 Å². The molecule has 0 aromatic carbocycles. The van der Waals surface area contributed by atoms with Gasteiger partial charge in [-0.25, -0.2) is 0 Å². The zero-order valence-corrected chi connectivity index (χ0v) is 6.28. The Balaban J connectivity index is 5.30. The van der Waals surface area contributed by atoms with E-state index in [2.05, 4.69) is 14.1 Å². The van der Waals surface area contributed by atoms with Crippen LogP contribution in [0.15, 0.2) is 23.8 Å². The normalized spacial score (nSPS) is 11.2. The van der Waals surface area contributed by atoms with Crippen LogP contribution in [0.25, 0.3) is 0 Å². The number of hydrogen-bond acceptors (Lipinski definition) is 2. The minimum atomic E-state index is -1.33. The molecular formula is C7H7BO4. The monoisotopic (exact) mass is 166 g/mol. The third kappa shape index (κ3) is 2.19. The summed E-state index contributed by atoms with van der Waals surface area (Å²) in [5.41, 5.74) is -0.727. The first-order valence-electron chi connectivity index (χ1n) is 3.00. The molecule has 62 valence electrons. The van der Waals surface area contributed by atoms with E-state index in [1.807, 2.05) is 0 Å². The molecule has 0 amide bonds. The second kappa shape index (κ2) is 4.28. The zero-order chi connectivity index (χ0) is 9.72. The fourth-order valence-corrected chi connectivity index (χ4v) is 0.625. The number of rotatable bonds is 4. The van der Waals surface area contributed by atoms with Gasteiger partial charge in [-0.3, -0.25) is 0 Å². The topological polar surface area (TPSA) is 74.6 Å². The molecule has 0 spiro atoms. The predicted molar refractivity (Wildman–Crippen MR) is 45.7 cm³/mol. The molecule has 0 heterocycles. The van der Waals surface area contributed by atoms with Gasteiger partial charge in [0.25, 0.3) is 0 Å². The van der Waals surface area contributed by atoms with Gasteiger partial charge in [0.2, 0.25) is 0 Å². The Morgan fingerprint density at radius 1 is 1.17 bits per heavy atom. The van der Waals surface area contributed by atoms with Crippen LogP contribution in [0, 0.1) is 0 Å². The van der Waals surface area contributed by atoms with Crippen molar-refractivity contribution in [3.8, 4) is 0 Å². The molecule has 2 N–H and O–H groups in total. The maximum atomic E-state index is 10.4. The van der Waals surface area contributed by atoms with Gasteiger partial charge in [-0.1, -0.05) is 0 Å². The molecular weight excluding hydrogens is 159 g/mol. The average Bonchev–Trinajstić information content (AvgIpc) is 1.98. The Morgan fingerprint density at radius 3 is 1.67 bits per heavy atom. The molecule has 12 heavy (non-hydrogen) atoms. The minimum absolute atomic E-state index is 0.363. The number of carboxylic acid groups (broad SMARTS) is 2. The Hall–Kier alpha value is -1.65.